The Morgan fingerprint density at radius 1 is 1.15 bits per heavy atom. The summed E-state index contributed by atoms with van der Waals surface area (Å²) in [6.45, 7) is 0.811. The second-order valence-electron chi connectivity index (χ2n) is 8.46. The van der Waals surface area contributed by atoms with Crippen molar-refractivity contribution in [1.29, 1.82) is 0 Å². The Morgan fingerprint density at radius 3 is 2.64 bits per heavy atom. The van der Waals surface area contributed by atoms with E-state index in [2.05, 4.69) is 28.1 Å². The number of fused-ring (bicyclic) bond motifs is 2. The normalized spacial score (nSPS) is 15.6. The minimum absolute atomic E-state index is 0.0620. The van der Waals surface area contributed by atoms with Gasteiger partial charge in [-0.05, 0) is 41.3 Å². The van der Waals surface area contributed by atoms with Crippen molar-refractivity contribution in [1.82, 2.24) is 14.4 Å². The molecule has 2 aromatic carbocycles. The smallest absolute Gasteiger partial charge is 0.308 e. The van der Waals surface area contributed by atoms with Crippen LogP contribution in [0.1, 0.15) is 28.0 Å². The molecule has 0 unspecified atom stereocenters. The number of ether oxygens (including phenoxy) is 1. The second kappa shape index (κ2) is 8.97. The number of esters is 1. The monoisotopic (exact) mass is 448 g/mol. The quantitative estimate of drug-likeness (QED) is 0.607. The first-order valence-corrected chi connectivity index (χ1v) is 10.8. The van der Waals surface area contributed by atoms with E-state index in [0.29, 0.717) is 18.7 Å². The maximum absolute atomic E-state index is 13.2. The standard InChI is InChI=1S/C25H28N4O4/c1-27-14-18-11-17(9-10-20(18)26-21(25(27)32)13-23(30)33-4)24(31)28(2)15-19-12-16-7-5-6-8-22(16)29(19)3/h5-12,21,26H,13-15H2,1-4H3/t21-/m1/s1. The molecule has 2 amide bonds. The van der Waals surface area contributed by atoms with E-state index in [0.717, 1.165) is 27.8 Å². The van der Waals surface area contributed by atoms with Crippen LogP contribution in [0.15, 0.2) is 48.5 Å². The van der Waals surface area contributed by atoms with Crippen molar-refractivity contribution in [3.05, 3.63) is 65.4 Å². The first-order valence-electron chi connectivity index (χ1n) is 10.8. The Labute approximate surface area is 192 Å². The van der Waals surface area contributed by atoms with Gasteiger partial charge in [-0.25, -0.2) is 0 Å². The van der Waals surface area contributed by atoms with Crippen LogP contribution in [0.2, 0.25) is 0 Å². The Kier molecular flexibility index (Phi) is 6.09. The number of benzene rings is 2. The molecule has 1 aliphatic heterocycles. The molecular weight excluding hydrogens is 420 g/mol. The fourth-order valence-electron chi connectivity index (χ4n) is 4.27. The van der Waals surface area contributed by atoms with Crippen LogP contribution in [0, 0.1) is 0 Å². The van der Waals surface area contributed by atoms with E-state index >= 15 is 0 Å². The molecule has 1 aromatic heterocycles. The number of likely N-dealkylation sites (N-methyl/N-ethyl adjacent to an activating group) is 1. The van der Waals surface area contributed by atoms with Gasteiger partial charge in [0.25, 0.3) is 5.91 Å². The average molecular weight is 449 g/mol. The molecular formula is C25H28N4O4. The Balaban J connectivity index is 1.54. The maximum atomic E-state index is 13.2. The van der Waals surface area contributed by atoms with Crippen LogP contribution in [0.4, 0.5) is 5.69 Å². The van der Waals surface area contributed by atoms with Crippen LogP contribution in [-0.4, -0.2) is 59.4 Å². The summed E-state index contributed by atoms with van der Waals surface area (Å²) in [6.07, 6.45) is -0.0620. The van der Waals surface area contributed by atoms with Gasteiger partial charge in [0.15, 0.2) is 0 Å². The number of methoxy groups -OCH3 is 1. The van der Waals surface area contributed by atoms with Crippen molar-refractivity contribution < 1.29 is 19.1 Å². The number of hydrogen-bond donors (Lipinski definition) is 1. The van der Waals surface area contributed by atoms with E-state index in [1.165, 1.54) is 7.11 Å². The number of nitrogens with one attached hydrogen (secondary N) is 1. The van der Waals surface area contributed by atoms with Gasteiger partial charge in [0.05, 0.1) is 20.1 Å². The molecule has 1 aliphatic rings. The van der Waals surface area contributed by atoms with E-state index < -0.39 is 12.0 Å². The number of aromatic nitrogens is 1. The van der Waals surface area contributed by atoms with Gasteiger partial charge < -0.3 is 24.4 Å². The van der Waals surface area contributed by atoms with Crippen molar-refractivity contribution in [3.8, 4) is 0 Å². The summed E-state index contributed by atoms with van der Waals surface area (Å²) in [6, 6.07) is 14.9. The number of amides is 2. The number of carbonyl (C=O) groups is 3. The zero-order valence-corrected chi connectivity index (χ0v) is 19.3. The van der Waals surface area contributed by atoms with Gasteiger partial charge in [-0.15, -0.1) is 0 Å². The van der Waals surface area contributed by atoms with Crippen LogP contribution >= 0.6 is 0 Å². The number of carbonyl (C=O) groups excluding carboxylic acids is 3. The SMILES string of the molecule is COC(=O)C[C@H]1Nc2ccc(C(=O)N(C)Cc3cc4ccccc4n3C)cc2CN(C)C1=O. The molecule has 33 heavy (non-hydrogen) atoms. The highest BCUT2D eigenvalue weighted by Gasteiger charge is 2.30. The molecule has 1 atom stereocenters. The molecule has 0 aliphatic carbocycles. The summed E-state index contributed by atoms with van der Waals surface area (Å²) in [5.41, 5.74) is 4.26. The van der Waals surface area contributed by atoms with E-state index in [4.69, 9.17) is 4.74 Å². The zero-order valence-electron chi connectivity index (χ0n) is 19.3. The molecule has 0 bridgehead atoms. The lowest BCUT2D eigenvalue weighted by molar-refractivity contribution is -0.143. The third kappa shape index (κ3) is 4.41. The van der Waals surface area contributed by atoms with Crippen molar-refractivity contribution in [2.45, 2.75) is 25.6 Å². The maximum Gasteiger partial charge on any atom is 0.308 e. The summed E-state index contributed by atoms with van der Waals surface area (Å²) in [5, 5.41) is 4.28. The van der Waals surface area contributed by atoms with Crippen LogP contribution < -0.4 is 5.32 Å². The Bertz CT molecular complexity index is 1230. The first kappa shape index (κ1) is 22.4. The van der Waals surface area contributed by atoms with Gasteiger partial charge in [-0.1, -0.05) is 18.2 Å². The predicted molar refractivity (Wildman–Crippen MR) is 126 cm³/mol. The molecule has 1 N–H and O–H groups in total. The highest BCUT2D eigenvalue weighted by molar-refractivity contribution is 5.96. The predicted octanol–water partition coefficient (Wildman–Crippen LogP) is 2.77. The minimum atomic E-state index is -0.709. The number of rotatable bonds is 5. The molecule has 8 nitrogen and oxygen atoms in total. The third-order valence-electron chi connectivity index (χ3n) is 6.16. The fourth-order valence-corrected chi connectivity index (χ4v) is 4.27. The average Bonchev–Trinajstić information content (AvgIpc) is 3.07. The molecule has 4 rings (SSSR count). The summed E-state index contributed by atoms with van der Waals surface area (Å²) < 4.78 is 6.82. The summed E-state index contributed by atoms with van der Waals surface area (Å²) in [7, 11) is 6.77. The largest absolute Gasteiger partial charge is 0.469 e. The Morgan fingerprint density at radius 2 is 1.91 bits per heavy atom. The molecule has 8 heteroatoms. The summed E-state index contributed by atoms with van der Waals surface area (Å²) >= 11 is 0. The van der Waals surface area contributed by atoms with Crippen molar-refractivity contribution in [2.75, 3.05) is 26.5 Å². The van der Waals surface area contributed by atoms with Gasteiger partial charge in [0, 0.05) is 50.1 Å². The number of anilines is 1. The van der Waals surface area contributed by atoms with E-state index in [1.54, 1.807) is 36.0 Å². The Hall–Kier alpha value is -3.81. The summed E-state index contributed by atoms with van der Waals surface area (Å²) in [5.74, 6) is -0.760. The highest BCUT2D eigenvalue weighted by atomic mass is 16.5. The van der Waals surface area contributed by atoms with E-state index in [1.807, 2.05) is 25.2 Å². The topological polar surface area (TPSA) is 83.9 Å². The molecule has 0 radical (unpaired) electrons. The molecule has 0 spiro atoms. The van der Waals surface area contributed by atoms with Crippen molar-refractivity contribution in [3.63, 3.8) is 0 Å². The molecule has 0 fully saturated rings. The van der Waals surface area contributed by atoms with Gasteiger partial charge in [0.2, 0.25) is 5.91 Å². The second-order valence-corrected chi connectivity index (χ2v) is 8.46. The molecule has 0 saturated carbocycles. The fraction of sp³-hybridized carbons (Fsp3) is 0.320. The number of nitrogens with zero attached hydrogens (tertiary/aromatic N) is 3. The van der Waals surface area contributed by atoms with Crippen molar-refractivity contribution >= 4 is 34.4 Å². The molecule has 0 saturated heterocycles. The molecule has 172 valence electrons. The summed E-state index contributed by atoms with van der Waals surface area (Å²) in [4.78, 5) is 40.8. The lowest BCUT2D eigenvalue weighted by Crippen LogP contribution is -2.39. The van der Waals surface area contributed by atoms with Gasteiger partial charge in [-0.2, -0.15) is 0 Å². The zero-order chi connectivity index (χ0) is 23.7. The van der Waals surface area contributed by atoms with E-state index in [9.17, 15) is 14.4 Å². The van der Waals surface area contributed by atoms with Crippen LogP contribution in [0.3, 0.4) is 0 Å². The lowest BCUT2D eigenvalue weighted by atomic mass is 10.1. The minimum Gasteiger partial charge on any atom is -0.469 e. The number of para-hydroxylation sites is 1. The van der Waals surface area contributed by atoms with Gasteiger partial charge in [0.1, 0.15) is 6.04 Å². The van der Waals surface area contributed by atoms with Crippen LogP contribution in [0.5, 0.6) is 0 Å². The van der Waals surface area contributed by atoms with E-state index in [-0.39, 0.29) is 18.2 Å². The lowest BCUT2D eigenvalue weighted by Gasteiger charge is -2.19. The van der Waals surface area contributed by atoms with Gasteiger partial charge in [-0.3, -0.25) is 14.4 Å². The van der Waals surface area contributed by atoms with Crippen LogP contribution in [0.25, 0.3) is 10.9 Å². The first-order chi connectivity index (χ1) is 15.8. The van der Waals surface area contributed by atoms with Gasteiger partial charge >= 0.3 is 5.97 Å². The number of aryl methyl sites for hydroxylation is 1. The molecule has 2 heterocycles. The molecule has 3 aromatic rings. The van der Waals surface area contributed by atoms with Crippen LogP contribution in [-0.2, 0) is 34.5 Å². The third-order valence-corrected chi connectivity index (χ3v) is 6.16. The van der Waals surface area contributed by atoms with Crippen molar-refractivity contribution in [2.24, 2.45) is 7.05 Å². The number of hydrogen-bond acceptors (Lipinski definition) is 5. The highest BCUT2D eigenvalue weighted by Crippen LogP contribution is 2.26.